The molecule has 0 spiro atoms. The van der Waals surface area contributed by atoms with Crippen LogP contribution in [-0.2, 0) is 5.41 Å². The molecule has 4 aromatic rings. The van der Waals surface area contributed by atoms with Crippen LogP contribution in [0.25, 0.3) is 33.1 Å². The first-order valence-electron chi connectivity index (χ1n) is 8.45. The maximum atomic E-state index is 9.68. The zero-order valence-corrected chi connectivity index (χ0v) is 14.1. The lowest BCUT2D eigenvalue weighted by Gasteiger charge is -2.21. The number of para-hydroxylation sites is 1. The molecule has 1 aliphatic rings. The Morgan fingerprint density at radius 2 is 1.56 bits per heavy atom. The Labute approximate surface area is 145 Å². The van der Waals surface area contributed by atoms with E-state index in [0.717, 1.165) is 16.4 Å². The summed E-state index contributed by atoms with van der Waals surface area (Å²) in [4.78, 5) is 0. The Morgan fingerprint density at radius 1 is 0.800 bits per heavy atom. The van der Waals surface area contributed by atoms with Gasteiger partial charge >= 0.3 is 7.12 Å². The third kappa shape index (κ3) is 1.78. The lowest BCUT2D eigenvalue weighted by molar-refractivity contribution is 0.425. The maximum Gasteiger partial charge on any atom is 0.492 e. The molecule has 0 bridgehead atoms. The molecule has 0 saturated carbocycles. The fourth-order valence-electron chi connectivity index (χ4n) is 4.33. The van der Waals surface area contributed by atoms with Gasteiger partial charge in [-0.1, -0.05) is 62.4 Å². The van der Waals surface area contributed by atoms with Crippen molar-refractivity contribution in [2.75, 3.05) is 0 Å². The first kappa shape index (κ1) is 14.8. The minimum absolute atomic E-state index is 0.169. The molecule has 0 atom stereocenters. The van der Waals surface area contributed by atoms with E-state index >= 15 is 0 Å². The van der Waals surface area contributed by atoms with Crippen LogP contribution in [-0.4, -0.2) is 17.2 Å². The summed E-state index contributed by atoms with van der Waals surface area (Å²) in [6.07, 6.45) is 0. The summed E-state index contributed by atoms with van der Waals surface area (Å²) < 4.78 is 6.23. The fourth-order valence-corrected chi connectivity index (χ4v) is 4.33. The van der Waals surface area contributed by atoms with Crippen LogP contribution in [0.5, 0.6) is 0 Å². The van der Waals surface area contributed by atoms with E-state index in [2.05, 4.69) is 50.2 Å². The second-order valence-corrected chi connectivity index (χ2v) is 7.24. The summed E-state index contributed by atoms with van der Waals surface area (Å²) in [7, 11) is -1.55. The molecular weight excluding hydrogens is 311 g/mol. The highest BCUT2D eigenvalue weighted by Gasteiger charge is 2.38. The molecule has 1 heterocycles. The molecule has 0 aliphatic heterocycles. The quantitative estimate of drug-likeness (QED) is 0.525. The van der Waals surface area contributed by atoms with Crippen LogP contribution in [0, 0.1) is 0 Å². The van der Waals surface area contributed by atoms with Gasteiger partial charge in [-0.15, -0.1) is 0 Å². The number of fused-ring (bicyclic) bond motifs is 7. The first-order chi connectivity index (χ1) is 12.0. The van der Waals surface area contributed by atoms with Crippen molar-refractivity contribution >= 4 is 34.5 Å². The Balaban J connectivity index is 1.94. The number of rotatable bonds is 1. The van der Waals surface area contributed by atoms with Crippen molar-refractivity contribution in [3.63, 3.8) is 0 Å². The number of benzene rings is 3. The summed E-state index contributed by atoms with van der Waals surface area (Å²) in [5.41, 5.74) is 6.51. The van der Waals surface area contributed by atoms with Gasteiger partial charge in [0.05, 0.1) is 0 Å². The highest BCUT2D eigenvalue weighted by atomic mass is 16.4. The molecule has 0 radical (unpaired) electrons. The van der Waals surface area contributed by atoms with Crippen molar-refractivity contribution in [2.24, 2.45) is 0 Å². The van der Waals surface area contributed by atoms with Crippen LogP contribution >= 0.6 is 0 Å². The molecule has 0 amide bonds. The highest BCUT2D eigenvalue weighted by Crippen LogP contribution is 2.52. The topological polar surface area (TPSA) is 53.6 Å². The average molecular weight is 328 g/mol. The van der Waals surface area contributed by atoms with Crippen LogP contribution in [0.3, 0.4) is 0 Å². The molecule has 3 nitrogen and oxygen atoms in total. The maximum absolute atomic E-state index is 9.68. The van der Waals surface area contributed by atoms with Crippen molar-refractivity contribution in [3.05, 3.63) is 65.7 Å². The van der Waals surface area contributed by atoms with Gasteiger partial charge in [0, 0.05) is 27.2 Å². The molecule has 25 heavy (non-hydrogen) atoms. The minimum Gasteiger partial charge on any atom is -0.456 e. The van der Waals surface area contributed by atoms with E-state index in [1.54, 1.807) is 6.07 Å². The lowest BCUT2D eigenvalue weighted by Crippen LogP contribution is -2.29. The molecule has 1 aliphatic carbocycles. The van der Waals surface area contributed by atoms with Crippen molar-refractivity contribution in [3.8, 4) is 11.1 Å². The average Bonchev–Trinajstić information content (AvgIpc) is 3.08. The van der Waals surface area contributed by atoms with E-state index in [1.165, 1.54) is 22.3 Å². The van der Waals surface area contributed by atoms with Gasteiger partial charge in [-0.25, -0.2) is 0 Å². The molecule has 1 aromatic heterocycles. The Kier molecular flexibility index (Phi) is 2.80. The zero-order chi connectivity index (χ0) is 17.3. The lowest BCUT2D eigenvalue weighted by atomic mass is 9.79. The third-order valence-corrected chi connectivity index (χ3v) is 5.49. The monoisotopic (exact) mass is 328 g/mol. The van der Waals surface area contributed by atoms with Crippen LogP contribution in [0.4, 0.5) is 0 Å². The van der Waals surface area contributed by atoms with E-state index in [0.29, 0.717) is 11.0 Å². The van der Waals surface area contributed by atoms with Crippen molar-refractivity contribution < 1.29 is 14.5 Å². The van der Waals surface area contributed by atoms with Gasteiger partial charge < -0.3 is 14.5 Å². The van der Waals surface area contributed by atoms with Gasteiger partial charge in [0.2, 0.25) is 0 Å². The molecular formula is C21H17BO3. The smallest absolute Gasteiger partial charge is 0.456 e. The summed E-state index contributed by atoms with van der Waals surface area (Å²) in [5.74, 6) is 0. The van der Waals surface area contributed by atoms with Gasteiger partial charge in [-0.3, -0.25) is 0 Å². The molecule has 122 valence electrons. The van der Waals surface area contributed by atoms with E-state index < -0.39 is 7.12 Å². The first-order valence-corrected chi connectivity index (χ1v) is 8.45. The number of hydrogen-bond acceptors (Lipinski definition) is 3. The second kappa shape index (κ2) is 4.75. The number of hydrogen-bond donors (Lipinski definition) is 2. The van der Waals surface area contributed by atoms with Crippen LogP contribution < -0.4 is 5.46 Å². The molecule has 3 aromatic carbocycles. The molecule has 0 unspecified atom stereocenters. The molecule has 2 N–H and O–H groups in total. The summed E-state index contributed by atoms with van der Waals surface area (Å²) in [6.45, 7) is 4.43. The summed E-state index contributed by atoms with van der Waals surface area (Å²) in [6, 6.07) is 18.2. The second-order valence-electron chi connectivity index (χ2n) is 7.24. The van der Waals surface area contributed by atoms with E-state index in [-0.39, 0.29) is 5.41 Å². The van der Waals surface area contributed by atoms with Gasteiger partial charge in [-0.05, 0) is 22.8 Å². The summed E-state index contributed by atoms with van der Waals surface area (Å²) >= 11 is 0. The Hall–Kier alpha value is -2.56. The van der Waals surface area contributed by atoms with Crippen LogP contribution in [0.2, 0.25) is 0 Å². The Morgan fingerprint density at radius 3 is 2.36 bits per heavy atom. The van der Waals surface area contributed by atoms with Crippen molar-refractivity contribution in [1.29, 1.82) is 0 Å². The van der Waals surface area contributed by atoms with Gasteiger partial charge in [0.1, 0.15) is 11.2 Å². The van der Waals surface area contributed by atoms with Gasteiger partial charge in [0.15, 0.2) is 0 Å². The zero-order valence-electron chi connectivity index (χ0n) is 14.1. The molecule has 4 heteroatoms. The van der Waals surface area contributed by atoms with E-state index in [9.17, 15) is 10.0 Å². The SMILES string of the molecule is CC1(C)c2ccccc2-c2ccc3c(oc4c(B(O)O)cccc43)c21. The van der Waals surface area contributed by atoms with Crippen LogP contribution in [0.1, 0.15) is 25.0 Å². The van der Waals surface area contributed by atoms with Crippen molar-refractivity contribution in [1.82, 2.24) is 0 Å². The van der Waals surface area contributed by atoms with Crippen molar-refractivity contribution in [2.45, 2.75) is 19.3 Å². The molecule has 0 fully saturated rings. The fraction of sp³-hybridized carbons (Fsp3) is 0.143. The largest absolute Gasteiger partial charge is 0.492 e. The minimum atomic E-state index is -1.55. The number of furan rings is 1. The predicted octanol–water partition coefficient (Wildman–Crippen LogP) is 3.57. The Bertz CT molecular complexity index is 1150. The van der Waals surface area contributed by atoms with Gasteiger partial charge in [0.25, 0.3) is 0 Å². The van der Waals surface area contributed by atoms with E-state index in [4.69, 9.17) is 4.42 Å². The summed E-state index contributed by atoms with van der Waals surface area (Å²) in [5, 5.41) is 21.3. The van der Waals surface area contributed by atoms with E-state index in [1.807, 2.05) is 12.1 Å². The molecule has 5 rings (SSSR count). The standard InChI is InChI=1S/C21H17BO3/c1-21(2)16-8-4-3-6-12(16)13-10-11-15-14-7-5-9-17(22(23)24)19(14)25-20(15)18(13)21/h3-11,23-24H,1-2H3. The normalized spacial score (nSPS) is 14.7. The van der Waals surface area contributed by atoms with Crippen LogP contribution in [0.15, 0.2) is 59.0 Å². The predicted molar refractivity (Wildman–Crippen MR) is 101 cm³/mol. The molecule has 0 saturated heterocycles. The highest BCUT2D eigenvalue weighted by molar-refractivity contribution is 6.61. The third-order valence-electron chi connectivity index (χ3n) is 5.49. The van der Waals surface area contributed by atoms with Gasteiger partial charge in [-0.2, -0.15) is 0 Å².